The first-order valence-corrected chi connectivity index (χ1v) is 6.48. The first-order chi connectivity index (χ1) is 9.81. The minimum absolute atomic E-state index is 0.340. The summed E-state index contributed by atoms with van der Waals surface area (Å²) < 4.78 is 0.944. The number of rotatable bonds is 3. The van der Waals surface area contributed by atoms with Gasteiger partial charge in [-0.15, -0.1) is 0 Å². The van der Waals surface area contributed by atoms with Crippen molar-refractivity contribution >= 4 is 17.0 Å². The summed E-state index contributed by atoms with van der Waals surface area (Å²) in [6.07, 6.45) is 4.93. The molecule has 20 heavy (non-hydrogen) atoms. The lowest BCUT2D eigenvalue weighted by atomic mass is 10.1. The Labute approximate surface area is 117 Å². The van der Waals surface area contributed by atoms with Gasteiger partial charge in [-0.1, -0.05) is 36.4 Å². The zero-order valence-electron chi connectivity index (χ0n) is 10.9. The number of benzene rings is 2. The summed E-state index contributed by atoms with van der Waals surface area (Å²) in [5.41, 5.74) is 1.86. The quantitative estimate of drug-likeness (QED) is 0.314. The lowest BCUT2D eigenvalue weighted by Gasteiger charge is -2.05. The van der Waals surface area contributed by atoms with Crippen LogP contribution in [0.1, 0.15) is 11.1 Å². The molecule has 98 valence electrons. The van der Waals surface area contributed by atoms with Gasteiger partial charge in [-0.25, -0.2) is 4.74 Å². The standard InChI is InChI=1S/C17H14N2O/c20-19(12-14-7-9-18-10-8-14)13-15-5-6-16-3-1-2-4-17(16)11-15/h1-12H,13H2. The highest BCUT2D eigenvalue weighted by Crippen LogP contribution is 2.16. The van der Waals surface area contributed by atoms with Crippen molar-refractivity contribution in [3.63, 3.8) is 0 Å². The van der Waals surface area contributed by atoms with E-state index in [2.05, 4.69) is 23.2 Å². The van der Waals surface area contributed by atoms with Gasteiger partial charge in [0.1, 0.15) is 0 Å². The van der Waals surface area contributed by atoms with Crippen LogP contribution in [-0.4, -0.2) is 15.9 Å². The van der Waals surface area contributed by atoms with E-state index in [-0.39, 0.29) is 0 Å². The van der Waals surface area contributed by atoms with Crippen LogP contribution in [-0.2, 0) is 6.54 Å². The van der Waals surface area contributed by atoms with Gasteiger partial charge in [-0.05, 0) is 29.0 Å². The highest BCUT2D eigenvalue weighted by Gasteiger charge is 2.01. The molecule has 3 rings (SSSR count). The molecule has 0 aliphatic carbocycles. The molecule has 3 aromatic rings. The fourth-order valence-corrected chi connectivity index (χ4v) is 2.18. The fourth-order valence-electron chi connectivity index (χ4n) is 2.18. The second-order valence-electron chi connectivity index (χ2n) is 4.67. The van der Waals surface area contributed by atoms with Crippen LogP contribution in [0, 0.1) is 5.21 Å². The molecule has 0 saturated carbocycles. The maximum atomic E-state index is 12.0. The van der Waals surface area contributed by atoms with Crippen molar-refractivity contribution in [1.29, 1.82) is 0 Å². The van der Waals surface area contributed by atoms with Crippen molar-refractivity contribution in [2.24, 2.45) is 0 Å². The summed E-state index contributed by atoms with van der Waals surface area (Å²) >= 11 is 0. The molecule has 0 unspecified atom stereocenters. The van der Waals surface area contributed by atoms with E-state index < -0.39 is 0 Å². The van der Waals surface area contributed by atoms with Crippen LogP contribution in [0.5, 0.6) is 0 Å². The Morgan fingerprint density at radius 3 is 2.50 bits per heavy atom. The van der Waals surface area contributed by atoms with E-state index in [1.165, 1.54) is 5.39 Å². The van der Waals surface area contributed by atoms with E-state index in [9.17, 15) is 5.21 Å². The molecule has 0 spiro atoms. The molecule has 1 heterocycles. The van der Waals surface area contributed by atoms with Gasteiger partial charge in [0.25, 0.3) is 0 Å². The highest BCUT2D eigenvalue weighted by atomic mass is 16.5. The van der Waals surface area contributed by atoms with Gasteiger partial charge in [0, 0.05) is 23.5 Å². The topological polar surface area (TPSA) is 39.0 Å². The van der Waals surface area contributed by atoms with Crippen LogP contribution in [0.3, 0.4) is 0 Å². The second kappa shape index (κ2) is 5.53. The van der Waals surface area contributed by atoms with Gasteiger partial charge in [-0.2, -0.15) is 0 Å². The first-order valence-electron chi connectivity index (χ1n) is 6.48. The molecule has 0 saturated heterocycles. The third-order valence-corrected chi connectivity index (χ3v) is 3.15. The molecular formula is C17H14N2O. The Morgan fingerprint density at radius 1 is 0.950 bits per heavy atom. The lowest BCUT2D eigenvalue weighted by Crippen LogP contribution is -2.05. The van der Waals surface area contributed by atoms with Crippen molar-refractivity contribution in [3.8, 4) is 0 Å². The molecule has 3 heteroatoms. The maximum absolute atomic E-state index is 12.0. The van der Waals surface area contributed by atoms with Crippen LogP contribution >= 0.6 is 0 Å². The predicted molar refractivity (Wildman–Crippen MR) is 80.7 cm³/mol. The van der Waals surface area contributed by atoms with Crippen LogP contribution < -0.4 is 0 Å². The Kier molecular flexibility index (Phi) is 3.42. The van der Waals surface area contributed by atoms with Crippen molar-refractivity contribution in [2.75, 3.05) is 0 Å². The number of nitrogens with zero attached hydrogens (tertiary/aromatic N) is 2. The summed E-state index contributed by atoms with van der Waals surface area (Å²) in [5.74, 6) is 0. The largest absolute Gasteiger partial charge is 0.624 e. The van der Waals surface area contributed by atoms with E-state index in [0.29, 0.717) is 6.54 Å². The molecule has 0 aliphatic heterocycles. The van der Waals surface area contributed by atoms with Crippen molar-refractivity contribution in [2.45, 2.75) is 6.54 Å². The third-order valence-electron chi connectivity index (χ3n) is 3.15. The molecule has 0 N–H and O–H groups in total. The van der Waals surface area contributed by atoms with Crippen LogP contribution in [0.25, 0.3) is 10.8 Å². The molecule has 0 amide bonds. The smallest absolute Gasteiger partial charge is 0.182 e. The van der Waals surface area contributed by atoms with E-state index in [1.54, 1.807) is 18.6 Å². The number of hydrogen-bond donors (Lipinski definition) is 0. The monoisotopic (exact) mass is 262 g/mol. The van der Waals surface area contributed by atoms with Gasteiger partial charge in [0.05, 0.1) is 0 Å². The van der Waals surface area contributed by atoms with E-state index >= 15 is 0 Å². The van der Waals surface area contributed by atoms with Crippen molar-refractivity contribution in [3.05, 3.63) is 83.3 Å². The third kappa shape index (κ3) is 2.83. The Balaban J connectivity index is 1.84. The highest BCUT2D eigenvalue weighted by molar-refractivity contribution is 5.83. The number of hydroxylamine groups is 1. The molecule has 0 radical (unpaired) electrons. The average molecular weight is 262 g/mol. The van der Waals surface area contributed by atoms with E-state index in [4.69, 9.17) is 0 Å². The van der Waals surface area contributed by atoms with E-state index in [0.717, 1.165) is 21.3 Å². The molecule has 0 fully saturated rings. The first kappa shape index (κ1) is 12.4. The average Bonchev–Trinajstić information content (AvgIpc) is 2.48. The van der Waals surface area contributed by atoms with Crippen LogP contribution in [0.15, 0.2) is 67.0 Å². The Hall–Kier alpha value is -2.68. The van der Waals surface area contributed by atoms with Crippen molar-refractivity contribution < 1.29 is 4.74 Å². The maximum Gasteiger partial charge on any atom is 0.182 e. The van der Waals surface area contributed by atoms with Crippen LogP contribution in [0.2, 0.25) is 0 Å². The SMILES string of the molecule is [O-][N+](=Cc1ccncc1)Cc1ccc2ccccc2c1. The van der Waals surface area contributed by atoms with E-state index in [1.807, 2.05) is 36.4 Å². The molecule has 0 bridgehead atoms. The number of fused-ring (bicyclic) bond motifs is 1. The molecule has 0 aliphatic rings. The number of pyridine rings is 1. The summed E-state index contributed by atoms with van der Waals surface area (Å²) in [6, 6.07) is 17.9. The Morgan fingerprint density at radius 2 is 1.70 bits per heavy atom. The van der Waals surface area contributed by atoms with Gasteiger partial charge in [0.15, 0.2) is 12.8 Å². The molecular weight excluding hydrogens is 248 g/mol. The Bertz CT molecular complexity index is 751. The van der Waals surface area contributed by atoms with Crippen molar-refractivity contribution in [1.82, 2.24) is 4.98 Å². The summed E-state index contributed by atoms with van der Waals surface area (Å²) in [4.78, 5) is 3.93. The summed E-state index contributed by atoms with van der Waals surface area (Å²) in [5, 5.41) is 14.3. The lowest BCUT2D eigenvalue weighted by molar-refractivity contribution is -0.469. The normalized spacial score (nSPS) is 11.7. The zero-order valence-corrected chi connectivity index (χ0v) is 10.9. The van der Waals surface area contributed by atoms with Gasteiger partial charge in [-0.3, -0.25) is 4.98 Å². The van der Waals surface area contributed by atoms with Gasteiger partial charge in [0.2, 0.25) is 0 Å². The molecule has 2 aromatic carbocycles. The van der Waals surface area contributed by atoms with Gasteiger partial charge < -0.3 is 5.21 Å². The summed E-state index contributed by atoms with van der Waals surface area (Å²) in [7, 11) is 0. The van der Waals surface area contributed by atoms with Crippen LogP contribution in [0.4, 0.5) is 0 Å². The summed E-state index contributed by atoms with van der Waals surface area (Å²) in [6.45, 7) is 0.340. The predicted octanol–water partition coefficient (Wildman–Crippen LogP) is 3.36. The minimum Gasteiger partial charge on any atom is -0.624 e. The molecule has 1 aromatic heterocycles. The number of hydrogen-bond acceptors (Lipinski definition) is 2. The number of aromatic nitrogens is 1. The minimum atomic E-state index is 0.340. The molecule has 3 nitrogen and oxygen atoms in total. The zero-order chi connectivity index (χ0) is 13.8. The molecule has 0 atom stereocenters. The van der Waals surface area contributed by atoms with Gasteiger partial charge >= 0.3 is 0 Å². The second-order valence-corrected chi connectivity index (χ2v) is 4.67. The fraction of sp³-hybridized carbons (Fsp3) is 0.0588.